The van der Waals surface area contributed by atoms with Crippen LogP contribution in [0.15, 0.2) is 53.4 Å². The molecule has 0 saturated heterocycles. The maximum atomic E-state index is 12.9. The smallest absolute Gasteiger partial charge is 0.315 e. The number of sulfonamides is 1. The molecule has 0 atom stereocenters. The zero-order valence-electron chi connectivity index (χ0n) is 18.2. The van der Waals surface area contributed by atoms with Crippen molar-refractivity contribution in [3.63, 3.8) is 0 Å². The van der Waals surface area contributed by atoms with E-state index in [1.54, 1.807) is 13.8 Å². The average molecular weight is 480 g/mol. The average Bonchev–Trinajstić information content (AvgIpc) is 2.81. The zero-order chi connectivity index (χ0) is 24.4. The fourth-order valence-electron chi connectivity index (χ4n) is 2.76. The number of urea groups is 1. The molecule has 0 unspecified atom stereocenters. The summed E-state index contributed by atoms with van der Waals surface area (Å²) in [7, 11) is -3.74. The van der Waals surface area contributed by atoms with Gasteiger partial charge in [-0.25, -0.2) is 17.6 Å². The van der Waals surface area contributed by atoms with Crippen LogP contribution in [0.25, 0.3) is 0 Å². The number of rotatable bonds is 9. The molecule has 2 rings (SSSR count). The molecule has 0 aliphatic carbocycles. The first-order valence-corrected chi connectivity index (χ1v) is 11.6. The summed E-state index contributed by atoms with van der Waals surface area (Å²) in [5.74, 6) is -1.81. The molecule has 0 saturated carbocycles. The van der Waals surface area contributed by atoms with Gasteiger partial charge in [-0.1, -0.05) is 32.0 Å². The fourth-order valence-corrected chi connectivity index (χ4v) is 4.27. The van der Waals surface area contributed by atoms with Gasteiger partial charge in [0.05, 0.1) is 4.90 Å². The third-order valence-corrected chi connectivity index (χ3v) is 6.58. The second-order valence-electron chi connectivity index (χ2n) is 6.78. The molecule has 0 aromatic heterocycles. The zero-order valence-corrected chi connectivity index (χ0v) is 19.0. The molecule has 12 heteroatoms. The minimum absolute atomic E-state index is 0.0357. The van der Waals surface area contributed by atoms with Crippen LogP contribution < -0.4 is 21.5 Å². The lowest BCUT2D eigenvalue weighted by Gasteiger charge is -2.18. The Hall–Kier alpha value is -3.51. The third kappa shape index (κ3) is 7.54. The Morgan fingerprint density at radius 3 is 2.24 bits per heavy atom. The molecule has 33 heavy (non-hydrogen) atoms. The van der Waals surface area contributed by atoms with Gasteiger partial charge in [0.15, 0.2) is 0 Å². The van der Waals surface area contributed by atoms with Crippen LogP contribution in [-0.4, -0.2) is 50.2 Å². The molecule has 2 aromatic rings. The standard InChI is InChI=1S/C21H26FN5O5S/c1-3-27(4-2)33(31,32)18-7-5-6-16(12-18)20(29)26-25-19(28)14-24-21(30)23-13-15-8-10-17(22)11-9-15/h5-12H,3-4,13-14H2,1-2H3,(H,25,28)(H,26,29)(H2,23,24,30). The van der Waals surface area contributed by atoms with Crippen LogP contribution in [0.2, 0.25) is 0 Å². The highest BCUT2D eigenvalue weighted by Crippen LogP contribution is 2.16. The predicted molar refractivity (Wildman–Crippen MR) is 119 cm³/mol. The second-order valence-corrected chi connectivity index (χ2v) is 8.72. The molecular formula is C21H26FN5O5S. The van der Waals surface area contributed by atoms with Gasteiger partial charge in [-0.2, -0.15) is 4.31 Å². The van der Waals surface area contributed by atoms with E-state index < -0.39 is 34.4 Å². The highest BCUT2D eigenvalue weighted by atomic mass is 32.2. The third-order valence-electron chi connectivity index (χ3n) is 4.53. The van der Waals surface area contributed by atoms with Gasteiger partial charge < -0.3 is 10.6 Å². The second kappa shape index (κ2) is 11.9. The lowest BCUT2D eigenvalue weighted by atomic mass is 10.2. The Kier molecular flexibility index (Phi) is 9.30. The van der Waals surface area contributed by atoms with Crippen molar-refractivity contribution in [2.45, 2.75) is 25.3 Å². The molecule has 0 fully saturated rings. The van der Waals surface area contributed by atoms with Crippen LogP contribution in [0.4, 0.5) is 9.18 Å². The van der Waals surface area contributed by atoms with Crippen LogP contribution in [0.5, 0.6) is 0 Å². The SMILES string of the molecule is CCN(CC)S(=O)(=O)c1cccc(C(=O)NNC(=O)CNC(=O)NCc2ccc(F)cc2)c1. The van der Waals surface area contributed by atoms with Crippen molar-refractivity contribution in [1.29, 1.82) is 0 Å². The summed E-state index contributed by atoms with van der Waals surface area (Å²) in [4.78, 5) is 35.9. The van der Waals surface area contributed by atoms with Crippen molar-refractivity contribution in [3.05, 3.63) is 65.5 Å². The normalized spacial score (nSPS) is 11.0. The maximum Gasteiger partial charge on any atom is 0.315 e. The topological polar surface area (TPSA) is 137 Å². The van der Waals surface area contributed by atoms with Gasteiger partial charge in [0, 0.05) is 25.2 Å². The van der Waals surface area contributed by atoms with Gasteiger partial charge in [0.25, 0.3) is 11.8 Å². The molecule has 10 nitrogen and oxygen atoms in total. The summed E-state index contributed by atoms with van der Waals surface area (Å²) in [5, 5.41) is 4.81. The Balaban J connectivity index is 1.82. The first-order chi connectivity index (χ1) is 15.7. The number of carbonyl (C=O) groups excluding carboxylic acids is 3. The van der Waals surface area contributed by atoms with E-state index in [1.807, 2.05) is 0 Å². The fraction of sp³-hybridized carbons (Fsp3) is 0.286. The van der Waals surface area contributed by atoms with Crippen LogP contribution in [-0.2, 0) is 21.4 Å². The van der Waals surface area contributed by atoms with Gasteiger partial charge in [-0.3, -0.25) is 20.4 Å². The number of hydrazine groups is 1. The van der Waals surface area contributed by atoms with Gasteiger partial charge in [-0.05, 0) is 35.9 Å². The summed E-state index contributed by atoms with van der Waals surface area (Å²) < 4.78 is 39.3. The van der Waals surface area contributed by atoms with E-state index in [9.17, 15) is 27.2 Å². The first kappa shape index (κ1) is 25.7. The van der Waals surface area contributed by atoms with Crippen molar-refractivity contribution >= 4 is 27.9 Å². The Morgan fingerprint density at radius 1 is 0.939 bits per heavy atom. The highest BCUT2D eigenvalue weighted by Gasteiger charge is 2.22. The van der Waals surface area contributed by atoms with Crippen LogP contribution in [0, 0.1) is 5.82 Å². The maximum absolute atomic E-state index is 12.9. The highest BCUT2D eigenvalue weighted by molar-refractivity contribution is 7.89. The monoisotopic (exact) mass is 479 g/mol. The number of hydrogen-bond acceptors (Lipinski definition) is 5. The molecule has 0 aliphatic rings. The van der Waals surface area contributed by atoms with E-state index in [0.29, 0.717) is 5.56 Å². The molecule has 0 radical (unpaired) electrons. The summed E-state index contributed by atoms with van der Waals surface area (Å²) in [6.07, 6.45) is 0. The van der Waals surface area contributed by atoms with E-state index >= 15 is 0 Å². The van der Waals surface area contributed by atoms with E-state index in [2.05, 4.69) is 21.5 Å². The molecule has 4 N–H and O–H groups in total. The number of halogens is 1. The minimum Gasteiger partial charge on any atom is -0.334 e. The molecule has 2 aromatic carbocycles. The number of carbonyl (C=O) groups is 3. The predicted octanol–water partition coefficient (Wildman–Crippen LogP) is 1.12. The van der Waals surface area contributed by atoms with Crippen LogP contribution in [0.1, 0.15) is 29.8 Å². The molecule has 0 heterocycles. The Bertz CT molecular complexity index is 1090. The number of benzene rings is 2. The Morgan fingerprint density at radius 2 is 1.61 bits per heavy atom. The lowest BCUT2D eigenvalue weighted by Crippen LogP contribution is -2.47. The summed E-state index contributed by atoms with van der Waals surface area (Å²) in [6.45, 7) is 3.71. The van der Waals surface area contributed by atoms with E-state index in [-0.39, 0.29) is 35.9 Å². The first-order valence-electron chi connectivity index (χ1n) is 10.1. The quantitative estimate of drug-likeness (QED) is 0.400. The van der Waals surface area contributed by atoms with E-state index in [1.165, 1.54) is 52.8 Å². The van der Waals surface area contributed by atoms with Crippen molar-refractivity contribution in [1.82, 2.24) is 25.8 Å². The number of hydrogen-bond donors (Lipinski definition) is 4. The summed E-state index contributed by atoms with van der Waals surface area (Å²) in [6, 6.07) is 10.4. The van der Waals surface area contributed by atoms with Crippen LogP contribution in [0.3, 0.4) is 0 Å². The van der Waals surface area contributed by atoms with Crippen molar-refractivity contribution in [3.8, 4) is 0 Å². The number of nitrogens with zero attached hydrogens (tertiary/aromatic N) is 1. The molecule has 178 valence electrons. The van der Waals surface area contributed by atoms with Gasteiger partial charge in [0.1, 0.15) is 12.4 Å². The molecule has 4 amide bonds. The Labute approximate surface area is 191 Å². The van der Waals surface area contributed by atoms with Gasteiger partial charge in [-0.15, -0.1) is 0 Å². The van der Waals surface area contributed by atoms with Crippen LogP contribution >= 0.6 is 0 Å². The largest absolute Gasteiger partial charge is 0.334 e. The molecule has 0 spiro atoms. The van der Waals surface area contributed by atoms with E-state index in [4.69, 9.17) is 0 Å². The summed E-state index contributed by atoms with van der Waals surface area (Å²) >= 11 is 0. The minimum atomic E-state index is -3.74. The molecule has 0 aliphatic heterocycles. The number of nitrogens with one attached hydrogen (secondary N) is 4. The lowest BCUT2D eigenvalue weighted by molar-refractivity contribution is -0.120. The number of amides is 4. The molecular weight excluding hydrogens is 453 g/mol. The van der Waals surface area contributed by atoms with E-state index in [0.717, 1.165) is 0 Å². The summed E-state index contributed by atoms with van der Waals surface area (Å²) in [5.41, 5.74) is 5.01. The molecule has 0 bridgehead atoms. The van der Waals surface area contributed by atoms with Gasteiger partial charge in [0.2, 0.25) is 10.0 Å². The van der Waals surface area contributed by atoms with Crippen molar-refractivity contribution in [2.24, 2.45) is 0 Å². The van der Waals surface area contributed by atoms with Crippen molar-refractivity contribution < 1.29 is 27.2 Å². The van der Waals surface area contributed by atoms with Gasteiger partial charge >= 0.3 is 6.03 Å². The van der Waals surface area contributed by atoms with Crippen molar-refractivity contribution in [2.75, 3.05) is 19.6 Å².